The number of amides is 2. The van der Waals surface area contributed by atoms with Gasteiger partial charge in [-0.05, 0) is 30.9 Å². The third kappa shape index (κ3) is 3.29. The zero-order valence-corrected chi connectivity index (χ0v) is 13.9. The van der Waals surface area contributed by atoms with E-state index < -0.39 is 5.91 Å². The van der Waals surface area contributed by atoms with Crippen molar-refractivity contribution in [2.75, 3.05) is 5.32 Å². The van der Waals surface area contributed by atoms with Crippen LogP contribution in [0.25, 0.3) is 0 Å². The number of rotatable bonds is 5. The number of hydrogen-bond donors (Lipinski definition) is 2. The van der Waals surface area contributed by atoms with E-state index >= 15 is 0 Å². The van der Waals surface area contributed by atoms with Crippen LogP contribution in [0.15, 0.2) is 30.3 Å². The van der Waals surface area contributed by atoms with Gasteiger partial charge in [-0.15, -0.1) is 11.3 Å². The molecule has 0 atom stereocenters. The van der Waals surface area contributed by atoms with Crippen LogP contribution in [-0.2, 0) is 11.2 Å². The molecule has 3 N–H and O–H groups in total. The number of hydrogen-bond acceptors (Lipinski definition) is 3. The normalized spacial score (nSPS) is 14.3. The van der Waals surface area contributed by atoms with E-state index in [0.717, 1.165) is 36.1 Å². The number of anilines is 1. The van der Waals surface area contributed by atoms with Crippen molar-refractivity contribution >= 4 is 28.2 Å². The maximum absolute atomic E-state index is 12.2. The highest BCUT2D eigenvalue weighted by Gasteiger charge is 2.28. The van der Waals surface area contributed by atoms with Gasteiger partial charge in [-0.2, -0.15) is 0 Å². The average molecular weight is 328 g/mol. The molecule has 1 fully saturated rings. The van der Waals surface area contributed by atoms with Gasteiger partial charge in [-0.1, -0.05) is 36.8 Å². The molecule has 1 aliphatic carbocycles. The van der Waals surface area contributed by atoms with E-state index in [1.165, 1.54) is 16.9 Å². The molecule has 0 unspecified atom stereocenters. The summed E-state index contributed by atoms with van der Waals surface area (Å²) in [5.74, 6) is -0.399. The summed E-state index contributed by atoms with van der Waals surface area (Å²) in [6.07, 6.45) is 3.69. The first-order valence-electron chi connectivity index (χ1n) is 7.83. The number of benzene rings is 1. The zero-order valence-electron chi connectivity index (χ0n) is 13.1. The Morgan fingerprint density at radius 2 is 1.96 bits per heavy atom. The zero-order chi connectivity index (χ0) is 16.4. The van der Waals surface area contributed by atoms with Gasteiger partial charge >= 0.3 is 0 Å². The van der Waals surface area contributed by atoms with Crippen molar-refractivity contribution in [3.05, 3.63) is 51.9 Å². The van der Waals surface area contributed by atoms with Gasteiger partial charge in [0.25, 0.3) is 5.91 Å². The Morgan fingerprint density at radius 1 is 1.26 bits per heavy atom. The maximum atomic E-state index is 12.2. The Hall–Kier alpha value is -2.14. The van der Waals surface area contributed by atoms with E-state index in [-0.39, 0.29) is 11.8 Å². The fourth-order valence-electron chi connectivity index (χ4n) is 2.78. The number of nitrogens with one attached hydrogen (secondary N) is 1. The molecule has 0 spiro atoms. The molecule has 0 saturated heterocycles. The molecular weight excluding hydrogens is 308 g/mol. The molecule has 2 aromatic rings. The number of thiophene rings is 1. The summed E-state index contributed by atoms with van der Waals surface area (Å²) in [7, 11) is 0. The molecule has 2 amide bonds. The lowest BCUT2D eigenvalue weighted by molar-refractivity contribution is -0.122. The van der Waals surface area contributed by atoms with Crippen LogP contribution >= 0.6 is 11.3 Å². The van der Waals surface area contributed by atoms with Crippen LogP contribution in [0, 0.1) is 12.8 Å². The van der Waals surface area contributed by atoms with Gasteiger partial charge in [0.2, 0.25) is 5.91 Å². The van der Waals surface area contributed by atoms with E-state index in [4.69, 9.17) is 5.73 Å². The molecule has 1 aliphatic rings. The third-order valence-electron chi connectivity index (χ3n) is 4.41. The summed E-state index contributed by atoms with van der Waals surface area (Å²) in [5, 5.41) is 3.51. The SMILES string of the molecule is Cc1c(Cc2ccccc2)sc(NC(=O)C2CCC2)c1C(N)=O. The molecule has 1 aromatic carbocycles. The van der Waals surface area contributed by atoms with Crippen molar-refractivity contribution in [1.29, 1.82) is 0 Å². The fraction of sp³-hybridized carbons (Fsp3) is 0.333. The molecule has 5 heteroatoms. The number of carbonyl (C=O) groups is 2. The van der Waals surface area contributed by atoms with Crippen LogP contribution in [0.4, 0.5) is 5.00 Å². The summed E-state index contributed by atoms with van der Waals surface area (Å²) >= 11 is 1.46. The smallest absolute Gasteiger partial charge is 0.251 e. The highest BCUT2D eigenvalue weighted by molar-refractivity contribution is 7.17. The predicted molar refractivity (Wildman–Crippen MR) is 92.8 cm³/mol. The van der Waals surface area contributed by atoms with Gasteiger partial charge in [-0.3, -0.25) is 9.59 Å². The van der Waals surface area contributed by atoms with Gasteiger partial charge in [0, 0.05) is 17.2 Å². The minimum absolute atomic E-state index is 0.00580. The highest BCUT2D eigenvalue weighted by atomic mass is 32.1. The lowest BCUT2D eigenvalue weighted by Gasteiger charge is -2.23. The molecule has 23 heavy (non-hydrogen) atoms. The Balaban J connectivity index is 1.87. The minimum atomic E-state index is -0.484. The van der Waals surface area contributed by atoms with Crippen molar-refractivity contribution in [1.82, 2.24) is 0 Å². The minimum Gasteiger partial charge on any atom is -0.365 e. The lowest BCUT2D eigenvalue weighted by atomic mass is 9.85. The maximum Gasteiger partial charge on any atom is 0.251 e. The molecule has 3 rings (SSSR count). The lowest BCUT2D eigenvalue weighted by Crippen LogP contribution is -2.28. The second kappa shape index (κ2) is 6.54. The van der Waals surface area contributed by atoms with Crippen LogP contribution < -0.4 is 11.1 Å². The summed E-state index contributed by atoms with van der Waals surface area (Å²) in [6, 6.07) is 10.1. The van der Waals surface area contributed by atoms with Crippen molar-refractivity contribution in [3.8, 4) is 0 Å². The standard InChI is InChI=1S/C18H20N2O2S/c1-11-14(10-12-6-3-2-4-7-12)23-18(15(11)16(19)21)20-17(22)13-8-5-9-13/h2-4,6-7,13H,5,8-10H2,1H3,(H2,19,21)(H,20,22). The van der Waals surface area contributed by atoms with E-state index in [1.54, 1.807) is 0 Å². The van der Waals surface area contributed by atoms with Crippen LogP contribution in [0.3, 0.4) is 0 Å². The van der Waals surface area contributed by atoms with Crippen molar-refractivity contribution in [3.63, 3.8) is 0 Å². The Kier molecular flexibility index (Phi) is 4.48. The Morgan fingerprint density at radius 3 is 2.52 bits per heavy atom. The first kappa shape index (κ1) is 15.7. The monoisotopic (exact) mass is 328 g/mol. The van der Waals surface area contributed by atoms with E-state index in [0.29, 0.717) is 10.6 Å². The van der Waals surface area contributed by atoms with Gasteiger partial charge in [-0.25, -0.2) is 0 Å². The number of carbonyl (C=O) groups excluding carboxylic acids is 2. The molecular formula is C18H20N2O2S. The van der Waals surface area contributed by atoms with Crippen molar-refractivity contribution in [2.24, 2.45) is 11.7 Å². The molecule has 1 aromatic heterocycles. The second-order valence-corrected chi connectivity index (χ2v) is 7.10. The number of primary amides is 1. The van der Waals surface area contributed by atoms with Crippen molar-refractivity contribution < 1.29 is 9.59 Å². The molecule has 0 aliphatic heterocycles. The largest absolute Gasteiger partial charge is 0.365 e. The summed E-state index contributed by atoms with van der Waals surface area (Å²) in [4.78, 5) is 25.1. The van der Waals surface area contributed by atoms with Crippen LogP contribution in [0.5, 0.6) is 0 Å². The molecule has 1 heterocycles. The molecule has 4 nitrogen and oxygen atoms in total. The second-order valence-electron chi connectivity index (χ2n) is 6.00. The van der Waals surface area contributed by atoms with Crippen LogP contribution in [0.2, 0.25) is 0 Å². The Bertz CT molecular complexity index is 733. The van der Waals surface area contributed by atoms with Crippen LogP contribution in [0.1, 0.15) is 45.6 Å². The summed E-state index contributed by atoms with van der Waals surface area (Å²) < 4.78 is 0. The highest BCUT2D eigenvalue weighted by Crippen LogP contribution is 2.36. The molecule has 120 valence electrons. The van der Waals surface area contributed by atoms with Gasteiger partial charge < -0.3 is 11.1 Å². The molecule has 0 bridgehead atoms. The Labute approximate surface area is 139 Å². The van der Waals surface area contributed by atoms with Crippen molar-refractivity contribution in [2.45, 2.75) is 32.6 Å². The molecule has 0 radical (unpaired) electrons. The van der Waals surface area contributed by atoms with E-state index in [9.17, 15) is 9.59 Å². The first-order valence-corrected chi connectivity index (χ1v) is 8.64. The topological polar surface area (TPSA) is 72.2 Å². The van der Waals surface area contributed by atoms with Gasteiger partial charge in [0.15, 0.2) is 0 Å². The summed E-state index contributed by atoms with van der Waals surface area (Å²) in [6.45, 7) is 1.90. The quantitative estimate of drug-likeness (QED) is 0.882. The summed E-state index contributed by atoms with van der Waals surface area (Å²) in [5.41, 5.74) is 8.03. The first-order chi connectivity index (χ1) is 11.1. The average Bonchev–Trinajstić information content (AvgIpc) is 2.74. The van der Waals surface area contributed by atoms with Crippen LogP contribution in [-0.4, -0.2) is 11.8 Å². The predicted octanol–water partition coefficient (Wildman–Crippen LogP) is 3.48. The van der Waals surface area contributed by atoms with E-state index in [2.05, 4.69) is 17.4 Å². The van der Waals surface area contributed by atoms with E-state index in [1.807, 2.05) is 25.1 Å². The van der Waals surface area contributed by atoms with Gasteiger partial charge in [0.1, 0.15) is 5.00 Å². The van der Waals surface area contributed by atoms with Gasteiger partial charge in [0.05, 0.1) is 5.56 Å². The third-order valence-corrected chi connectivity index (χ3v) is 5.62. The fourth-order valence-corrected chi connectivity index (χ4v) is 4.03. The molecule has 1 saturated carbocycles. The number of nitrogens with two attached hydrogens (primary N) is 1.